The summed E-state index contributed by atoms with van der Waals surface area (Å²) in [5.74, 6) is -1.78. The van der Waals surface area contributed by atoms with E-state index in [2.05, 4.69) is 10.1 Å². The maximum absolute atomic E-state index is 13.2. The number of benzene rings is 2. The Kier molecular flexibility index (Phi) is 7.05. The molecule has 0 radical (unpaired) electrons. The van der Waals surface area contributed by atoms with Crippen molar-refractivity contribution in [2.45, 2.75) is 39.1 Å². The number of amides is 4. The first kappa shape index (κ1) is 25.6. The lowest BCUT2D eigenvalue weighted by Gasteiger charge is -2.25. The van der Waals surface area contributed by atoms with Crippen molar-refractivity contribution in [1.82, 2.24) is 10.2 Å². The topological polar surface area (TPSA) is 103 Å². The van der Waals surface area contributed by atoms with E-state index in [-0.39, 0.29) is 18.5 Å². The van der Waals surface area contributed by atoms with E-state index in [4.69, 9.17) is 5.26 Å². The molecule has 8 nitrogen and oxygen atoms in total. The van der Waals surface area contributed by atoms with Crippen molar-refractivity contribution < 1.29 is 32.3 Å². The number of carbonyl (C=O) groups is 3. The van der Waals surface area contributed by atoms with Gasteiger partial charge in [0.25, 0.3) is 5.91 Å². The third-order valence-electron chi connectivity index (χ3n) is 5.78. The fourth-order valence-corrected chi connectivity index (χ4v) is 3.70. The molecule has 1 heterocycles. The SMILES string of the molecule is Cc1ccc(N(CCC#N)C(=O)CN2C(=O)NC(C)(c3ccc(OC(F)(F)F)cc3)C2=O)cc1C. The molecule has 2 aromatic carbocycles. The van der Waals surface area contributed by atoms with Crippen molar-refractivity contribution in [2.75, 3.05) is 18.0 Å². The van der Waals surface area contributed by atoms with Gasteiger partial charge in [-0.1, -0.05) is 18.2 Å². The van der Waals surface area contributed by atoms with Crippen LogP contribution in [-0.4, -0.2) is 42.2 Å². The zero-order valence-electron chi connectivity index (χ0n) is 19.3. The summed E-state index contributed by atoms with van der Waals surface area (Å²) in [4.78, 5) is 41.0. The van der Waals surface area contributed by atoms with Crippen LogP contribution in [0.4, 0.5) is 23.7 Å². The van der Waals surface area contributed by atoms with Gasteiger partial charge in [-0.05, 0) is 61.7 Å². The van der Waals surface area contributed by atoms with Crippen LogP contribution in [0.15, 0.2) is 42.5 Å². The van der Waals surface area contributed by atoms with E-state index in [0.29, 0.717) is 5.69 Å². The molecule has 0 spiro atoms. The summed E-state index contributed by atoms with van der Waals surface area (Å²) in [5.41, 5.74) is 1.10. The van der Waals surface area contributed by atoms with E-state index in [9.17, 15) is 27.6 Å². The second-order valence-electron chi connectivity index (χ2n) is 8.24. The van der Waals surface area contributed by atoms with Crippen LogP contribution in [0.1, 0.15) is 30.0 Å². The number of imide groups is 1. The third-order valence-corrected chi connectivity index (χ3v) is 5.78. The van der Waals surface area contributed by atoms with E-state index in [0.717, 1.165) is 28.2 Å². The molecule has 1 atom stereocenters. The Bertz CT molecular complexity index is 1190. The zero-order valence-corrected chi connectivity index (χ0v) is 19.3. The summed E-state index contributed by atoms with van der Waals surface area (Å²) in [7, 11) is 0. The van der Waals surface area contributed by atoms with Crippen molar-refractivity contribution in [3.63, 3.8) is 0 Å². The molecular weight excluding hydrogens is 465 g/mol. The van der Waals surface area contributed by atoms with Gasteiger partial charge in [0.15, 0.2) is 0 Å². The summed E-state index contributed by atoms with van der Waals surface area (Å²) < 4.78 is 41.1. The number of nitrogens with one attached hydrogen (secondary N) is 1. The Morgan fingerprint density at radius 3 is 2.37 bits per heavy atom. The van der Waals surface area contributed by atoms with Gasteiger partial charge in [-0.2, -0.15) is 5.26 Å². The number of halogens is 3. The van der Waals surface area contributed by atoms with Crippen LogP contribution in [0.2, 0.25) is 0 Å². The minimum absolute atomic E-state index is 0.0445. The minimum atomic E-state index is -4.87. The van der Waals surface area contributed by atoms with Crippen LogP contribution < -0.4 is 15.0 Å². The summed E-state index contributed by atoms with van der Waals surface area (Å²) in [6.07, 6.45) is -4.82. The van der Waals surface area contributed by atoms with Gasteiger partial charge in [0, 0.05) is 12.2 Å². The van der Waals surface area contributed by atoms with Gasteiger partial charge < -0.3 is 15.0 Å². The quantitative estimate of drug-likeness (QED) is 0.596. The highest BCUT2D eigenvalue weighted by Gasteiger charge is 2.49. The van der Waals surface area contributed by atoms with Gasteiger partial charge in [0.2, 0.25) is 5.91 Å². The molecule has 0 aromatic heterocycles. The van der Waals surface area contributed by atoms with Crippen molar-refractivity contribution in [3.8, 4) is 11.8 Å². The zero-order chi connectivity index (χ0) is 26.0. The van der Waals surface area contributed by atoms with Gasteiger partial charge in [-0.25, -0.2) is 4.79 Å². The largest absolute Gasteiger partial charge is 0.573 e. The predicted molar refractivity (Wildman–Crippen MR) is 119 cm³/mol. The second kappa shape index (κ2) is 9.66. The average molecular weight is 488 g/mol. The maximum atomic E-state index is 13.2. The highest BCUT2D eigenvalue weighted by Crippen LogP contribution is 2.31. The molecule has 3 rings (SSSR count). The molecule has 1 unspecified atom stereocenters. The van der Waals surface area contributed by atoms with Crippen LogP contribution in [-0.2, 0) is 15.1 Å². The Hall–Kier alpha value is -4.07. The molecule has 1 aliphatic rings. The number of rotatable bonds is 7. The normalized spacial score (nSPS) is 17.7. The molecule has 1 fully saturated rings. The molecule has 35 heavy (non-hydrogen) atoms. The van der Waals surface area contributed by atoms with Gasteiger partial charge in [0.05, 0.1) is 12.5 Å². The molecule has 4 amide bonds. The first-order valence-corrected chi connectivity index (χ1v) is 10.6. The highest BCUT2D eigenvalue weighted by molar-refractivity contribution is 6.10. The molecule has 0 aliphatic carbocycles. The lowest BCUT2D eigenvalue weighted by Crippen LogP contribution is -2.45. The number of nitriles is 1. The number of hydrogen-bond donors (Lipinski definition) is 1. The monoisotopic (exact) mass is 488 g/mol. The Morgan fingerprint density at radius 2 is 1.80 bits per heavy atom. The van der Waals surface area contributed by atoms with Crippen LogP contribution >= 0.6 is 0 Å². The predicted octanol–water partition coefficient (Wildman–Crippen LogP) is 3.92. The number of carbonyl (C=O) groups excluding carboxylic acids is 3. The van der Waals surface area contributed by atoms with Gasteiger partial charge >= 0.3 is 12.4 Å². The number of alkyl halides is 3. The number of urea groups is 1. The minimum Gasteiger partial charge on any atom is -0.406 e. The van der Waals surface area contributed by atoms with Gasteiger partial charge in [0.1, 0.15) is 17.8 Å². The highest BCUT2D eigenvalue weighted by atomic mass is 19.4. The standard InChI is InChI=1S/C24H23F3N4O4/c1-15-5-8-18(13-16(15)2)30(12-4-11-28)20(32)14-31-21(33)23(3,29-22(31)34)17-6-9-19(10-7-17)35-24(25,26)27/h5-10,13H,4,12,14H2,1-3H3,(H,29,34). The molecule has 1 saturated heterocycles. The Balaban J connectivity index is 1.81. The first-order valence-electron chi connectivity index (χ1n) is 10.6. The molecular formula is C24H23F3N4O4. The fraction of sp³-hybridized carbons (Fsp3) is 0.333. The molecule has 0 saturated carbocycles. The maximum Gasteiger partial charge on any atom is 0.573 e. The first-order chi connectivity index (χ1) is 16.4. The average Bonchev–Trinajstić information content (AvgIpc) is 2.99. The second-order valence-corrected chi connectivity index (χ2v) is 8.24. The lowest BCUT2D eigenvalue weighted by molar-refractivity contribution is -0.274. The van der Waals surface area contributed by atoms with Crippen LogP contribution in [0.25, 0.3) is 0 Å². The summed E-state index contributed by atoms with van der Waals surface area (Å²) in [6, 6.07) is 11.0. The van der Waals surface area contributed by atoms with E-state index >= 15 is 0 Å². The molecule has 1 N–H and O–H groups in total. The smallest absolute Gasteiger partial charge is 0.406 e. The number of hydrogen-bond acceptors (Lipinski definition) is 5. The van der Waals surface area contributed by atoms with Gasteiger partial charge in [-0.3, -0.25) is 14.5 Å². The molecule has 0 bridgehead atoms. The van der Waals surface area contributed by atoms with E-state index in [1.807, 2.05) is 26.0 Å². The summed E-state index contributed by atoms with van der Waals surface area (Å²) in [5, 5.41) is 11.5. The molecule has 2 aromatic rings. The van der Waals surface area contributed by atoms with E-state index in [1.54, 1.807) is 12.1 Å². The Morgan fingerprint density at radius 1 is 1.14 bits per heavy atom. The number of anilines is 1. The Labute approximate surface area is 199 Å². The van der Waals surface area contributed by atoms with Gasteiger partial charge in [-0.15, -0.1) is 13.2 Å². The van der Waals surface area contributed by atoms with E-state index in [1.165, 1.54) is 24.0 Å². The van der Waals surface area contributed by atoms with Crippen molar-refractivity contribution in [2.24, 2.45) is 0 Å². The third kappa shape index (κ3) is 5.54. The molecule has 184 valence electrons. The van der Waals surface area contributed by atoms with Crippen molar-refractivity contribution >= 4 is 23.5 Å². The summed E-state index contributed by atoms with van der Waals surface area (Å²) in [6.45, 7) is 4.68. The van der Waals surface area contributed by atoms with E-state index < -0.39 is 42.0 Å². The van der Waals surface area contributed by atoms with Crippen LogP contribution in [0.5, 0.6) is 5.75 Å². The number of ether oxygens (including phenoxy) is 1. The number of nitrogens with zero attached hydrogens (tertiary/aromatic N) is 3. The number of aryl methyl sites for hydroxylation is 2. The summed E-state index contributed by atoms with van der Waals surface area (Å²) >= 11 is 0. The molecule has 1 aliphatic heterocycles. The van der Waals surface area contributed by atoms with Crippen LogP contribution in [0.3, 0.4) is 0 Å². The van der Waals surface area contributed by atoms with Crippen LogP contribution in [0, 0.1) is 25.2 Å². The van der Waals surface area contributed by atoms with Crippen molar-refractivity contribution in [1.29, 1.82) is 5.26 Å². The molecule has 11 heteroatoms. The fourth-order valence-electron chi connectivity index (χ4n) is 3.70. The van der Waals surface area contributed by atoms with Crippen molar-refractivity contribution in [3.05, 3.63) is 59.2 Å². The lowest BCUT2D eigenvalue weighted by atomic mass is 9.92.